The van der Waals surface area contributed by atoms with Crippen LogP contribution in [0, 0.1) is 11.8 Å². The molecular formula is C13H19N3O. The first-order valence-electron chi connectivity index (χ1n) is 6.52. The normalized spacial score (nSPS) is 19.9. The molecule has 0 aromatic carbocycles. The molecular weight excluding hydrogens is 214 g/mol. The van der Waals surface area contributed by atoms with Crippen LogP contribution in [-0.2, 0) is 6.54 Å². The average molecular weight is 233 g/mol. The predicted octanol–water partition coefficient (Wildman–Crippen LogP) is 1.39. The summed E-state index contributed by atoms with van der Waals surface area (Å²) in [6.07, 6.45) is 5.23. The van der Waals surface area contributed by atoms with Crippen molar-refractivity contribution in [2.45, 2.75) is 38.1 Å². The third-order valence-corrected chi connectivity index (χ3v) is 3.75. The van der Waals surface area contributed by atoms with Crippen LogP contribution >= 0.6 is 0 Å². The maximum absolute atomic E-state index is 11.7. The zero-order valence-corrected chi connectivity index (χ0v) is 10.2. The molecule has 0 radical (unpaired) electrons. The molecule has 0 saturated heterocycles. The van der Waals surface area contributed by atoms with E-state index >= 15 is 0 Å². The minimum Gasteiger partial charge on any atom is -0.314 e. The van der Waals surface area contributed by atoms with Crippen LogP contribution in [0.4, 0.5) is 0 Å². The Labute approximate surface area is 101 Å². The quantitative estimate of drug-likeness (QED) is 0.808. The van der Waals surface area contributed by atoms with E-state index in [1.165, 1.54) is 25.7 Å². The van der Waals surface area contributed by atoms with Gasteiger partial charge < -0.3 is 10.3 Å². The van der Waals surface area contributed by atoms with Gasteiger partial charge in [-0.15, -0.1) is 0 Å². The second kappa shape index (κ2) is 4.26. The van der Waals surface area contributed by atoms with Crippen molar-refractivity contribution in [3.63, 3.8) is 0 Å². The highest BCUT2D eigenvalue weighted by Crippen LogP contribution is 2.53. The van der Waals surface area contributed by atoms with Gasteiger partial charge in [-0.3, -0.25) is 4.79 Å². The number of hydrogen-bond donors (Lipinski definition) is 2. The molecule has 2 saturated carbocycles. The highest BCUT2D eigenvalue weighted by atomic mass is 16.1. The first-order chi connectivity index (χ1) is 8.28. The standard InChI is InChI=1S/C13H19N3O/c1-14-7-10-6-11(17)16-13(15-10)12(8-2-3-8)9-4-5-9/h6,8-9,12,14H,2-5,7H2,1H3,(H,15,16,17). The lowest BCUT2D eigenvalue weighted by Gasteiger charge is -2.15. The first-order valence-corrected chi connectivity index (χ1v) is 6.52. The molecule has 2 aliphatic rings. The first kappa shape index (κ1) is 11.0. The van der Waals surface area contributed by atoms with E-state index in [0.29, 0.717) is 12.5 Å². The third kappa shape index (κ3) is 2.41. The van der Waals surface area contributed by atoms with Crippen molar-refractivity contribution in [1.82, 2.24) is 15.3 Å². The van der Waals surface area contributed by atoms with Crippen LogP contribution in [-0.4, -0.2) is 17.0 Å². The van der Waals surface area contributed by atoms with Gasteiger partial charge in [0.15, 0.2) is 0 Å². The Hall–Kier alpha value is -1.16. The van der Waals surface area contributed by atoms with E-state index in [0.717, 1.165) is 23.4 Å². The zero-order chi connectivity index (χ0) is 11.8. The molecule has 0 amide bonds. The molecule has 0 bridgehead atoms. The lowest BCUT2D eigenvalue weighted by atomic mass is 9.97. The van der Waals surface area contributed by atoms with Gasteiger partial charge in [0.05, 0.1) is 5.69 Å². The summed E-state index contributed by atoms with van der Waals surface area (Å²) in [5.74, 6) is 3.00. The van der Waals surface area contributed by atoms with Crippen LogP contribution in [0.25, 0.3) is 0 Å². The Kier molecular flexibility index (Phi) is 2.74. The Morgan fingerprint density at radius 2 is 2.06 bits per heavy atom. The molecule has 2 aliphatic carbocycles. The smallest absolute Gasteiger partial charge is 0.251 e. The lowest BCUT2D eigenvalue weighted by molar-refractivity contribution is 0.503. The Morgan fingerprint density at radius 3 is 2.59 bits per heavy atom. The molecule has 4 nitrogen and oxygen atoms in total. The third-order valence-electron chi connectivity index (χ3n) is 3.75. The summed E-state index contributed by atoms with van der Waals surface area (Å²) in [7, 11) is 1.88. The summed E-state index contributed by atoms with van der Waals surface area (Å²) in [6.45, 7) is 0.666. The molecule has 17 heavy (non-hydrogen) atoms. The second-order valence-electron chi connectivity index (χ2n) is 5.35. The molecule has 4 heteroatoms. The van der Waals surface area contributed by atoms with Crippen molar-refractivity contribution >= 4 is 0 Å². The molecule has 0 atom stereocenters. The van der Waals surface area contributed by atoms with Gasteiger partial charge in [0.2, 0.25) is 0 Å². The van der Waals surface area contributed by atoms with Crippen molar-refractivity contribution in [2.75, 3.05) is 7.05 Å². The van der Waals surface area contributed by atoms with Crippen LogP contribution < -0.4 is 10.9 Å². The van der Waals surface area contributed by atoms with Crippen LogP contribution in [0.2, 0.25) is 0 Å². The topological polar surface area (TPSA) is 57.8 Å². The maximum Gasteiger partial charge on any atom is 0.251 e. The van der Waals surface area contributed by atoms with Gasteiger partial charge in [0, 0.05) is 18.5 Å². The monoisotopic (exact) mass is 233 g/mol. The SMILES string of the molecule is CNCc1cc(=O)[nH]c(C(C2CC2)C2CC2)n1. The highest BCUT2D eigenvalue weighted by molar-refractivity contribution is 5.12. The van der Waals surface area contributed by atoms with E-state index < -0.39 is 0 Å². The average Bonchev–Trinajstić information content (AvgIpc) is 3.11. The molecule has 1 aromatic heterocycles. The van der Waals surface area contributed by atoms with E-state index in [2.05, 4.69) is 15.3 Å². The van der Waals surface area contributed by atoms with Crippen molar-refractivity contribution in [3.8, 4) is 0 Å². The summed E-state index contributed by atoms with van der Waals surface area (Å²) in [5.41, 5.74) is 0.851. The number of rotatable bonds is 5. The minimum atomic E-state index is -0.00782. The van der Waals surface area contributed by atoms with Gasteiger partial charge in [-0.2, -0.15) is 0 Å². The fourth-order valence-corrected chi connectivity index (χ4v) is 2.70. The zero-order valence-electron chi connectivity index (χ0n) is 10.2. The van der Waals surface area contributed by atoms with Gasteiger partial charge in [-0.05, 0) is 44.6 Å². The van der Waals surface area contributed by atoms with E-state index in [1.54, 1.807) is 6.07 Å². The lowest BCUT2D eigenvalue weighted by Crippen LogP contribution is -2.20. The van der Waals surface area contributed by atoms with Crippen molar-refractivity contribution in [2.24, 2.45) is 11.8 Å². The molecule has 0 spiro atoms. The van der Waals surface area contributed by atoms with Crippen LogP contribution in [0.1, 0.15) is 43.1 Å². The van der Waals surface area contributed by atoms with E-state index in [4.69, 9.17) is 0 Å². The van der Waals surface area contributed by atoms with Crippen LogP contribution in [0.5, 0.6) is 0 Å². The van der Waals surface area contributed by atoms with Gasteiger partial charge in [0.1, 0.15) is 5.82 Å². The number of H-pyrrole nitrogens is 1. The summed E-state index contributed by atoms with van der Waals surface area (Å²) >= 11 is 0. The summed E-state index contributed by atoms with van der Waals surface area (Å²) in [5, 5.41) is 3.05. The largest absolute Gasteiger partial charge is 0.314 e. The molecule has 0 unspecified atom stereocenters. The van der Waals surface area contributed by atoms with E-state index in [1.807, 2.05) is 7.05 Å². The summed E-state index contributed by atoms with van der Waals surface area (Å²) in [6, 6.07) is 1.59. The number of aromatic amines is 1. The van der Waals surface area contributed by atoms with Crippen molar-refractivity contribution in [3.05, 3.63) is 27.9 Å². The minimum absolute atomic E-state index is 0.00782. The predicted molar refractivity (Wildman–Crippen MR) is 65.8 cm³/mol. The number of nitrogens with zero attached hydrogens (tertiary/aromatic N) is 1. The Morgan fingerprint density at radius 1 is 1.41 bits per heavy atom. The fourth-order valence-electron chi connectivity index (χ4n) is 2.70. The molecule has 2 N–H and O–H groups in total. The molecule has 1 heterocycles. The number of hydrogen-bond acceptors (Lipinski definition) is 3. The van der Waals surface area contributed by atoms with Gasteiger partial charge >= 0.3 is 0 Å². The summed E-state index contributed by atoms with van der Waals surface area (Å²) < 4.78 is 0. The van der Waals surface area contributed by atoms with Gasteiger partial charge in [0.25, 0.3) is 5.56 Å². The van der Waals surface area contributed by atoms with Crippen molar-refractivity contribution < 1.29 is 0 Å². The molecule has 3 rings (SSSR count). The summed E-state index contributed by atoms with van der Waals surface area (Å²) in [4.78, 5) is 19.2. The fraction of sp³-hybridized carbons (Fsp3) is 0.692. The number of aromatic nitrogens is 2. The van der Waals surface area contributed by atoms with Gasteiger partial charge in [-0.1, -0.05) is 0 Å². The van der Waals surface area contributed by atoms with Crippen LogP contribution in [0.15, 0.2) is 10.9 Å². The van der Waals surface area contributed by atoms with Crippen LogP contribution in [0.3, 0.4) is 0 Å². The second-order valence-corrected chi connectivity index (χ2v) is 5.35. The molecule has 1 aromatic rings. The number of nitrogens with one attached hydrogen (secondary N) is 2. The van der Waals surface area contributed by atoms with Crippen molar-refractivity contribution in [1.29, 1.82) is 0 Å². The molecule has 92 valence electrons. The Balaban J connectivity index is 1.91. The maximum atomic E-state index is 11.7. The van der Waals surface area contributed by atoms with E-state index in [-0.39, 0.29) is 5.56 Å². The van der Waals surface area contributed by atoms with E-state index in [9.17, 15) is 4.79 Å². The molecule has 2 fully saturated rings. The molecule has 0 aliphatic heterocycles. The Bertz CT molecular complexity index is 448. The van der Waals surface area contributed by atoms with Gasteiger partial charge in [-0.25, -0.2) is 4.98 Å². The highest BCUT2D eigenvalue weighted by Gasteiger charge is 2.43.